The van der Waals surface area contributed by atoms with E-state index in [1.54, 1.807) is 0 Å². The highest BCUT2D eigenvalue weighted by molar-refractivity contribution is 14.1. The Morgan fingerprint density at radius 1 is 0.840 bits per heavy atom. The first-order valence-corrected chi connectivity index (χ1v) is 10.3. The van der Waals surface area contributed by atoms with Gasteiger partial charge >= 0.3 is 6.61 Å². The molecule has 2 fully saturated rings. The summed E-state index contributed by atoms with van der Waals surface area (Å²) in [6.07, 6.45) is 9.17. The van der Waals surface area contributed by atoms with Crippen molar-refractivity contribution in [2.45, 2.75) is 67.8 Å². The van der Waals surface area contributed by atoms with Crippen LogP contribution in [0.3, 0.4) is 0 Å². The molecule has 0 aromatic heterocycles. The molecule has 2 aliphatic rings. The van der Waals surface area contributed by atoms with Gasteiger partial charge in [-0.3, -0.25) is 0 Å². The van der Waals surface area contributed by atoms with Crippen LogP contribution in [-0.4, -0.2) is 10.5 Å². The van der Waals surface area contributed by atoms with Crippen LogP contribution in [-0.2, 0) is 0 Å². The first-order valence-electron chi connectivity index (χ1n) is 9.02. The molecule has 2 aliphatic carbocycles. The normalized spacial score (nSPS) is 30.5. The lowest BCUT2D eigenvalue weighted by atomic mass is 9.70. The summed E-state index contributed by atoms with van der Waals surface area (Å²) < 4.78 is 57.1. The smallest absolute Gasteiger partial charge is 0.387 e. The van der Waals surface area contributed by atoms with E-state index >= 15 is 0 Å². The number of benzene rings is 1. The fraction of sp³-hybridized carbons (Fsp3) is 0.684. The Morgan fingerprint density at radius 3 is 1.80 bits per heavy atom. The minimum atomic E-state index is -3.23. The Kier molecular flexibility index (Phi) is 6.49. The van der Waals surface area contributed by atoms with E-state index < -0.39 is 24.0 Å². The zero-order chi connectivity index (χ0) is 18.0. The van der Waals surface area contributed by atoms with Gasteiger partial charge in [-0.2, -0.15) is 8.78 Å². The highest BCUT2D eigenvalue weighted by Gasteiger charge is 2.31. The molecule has 0 bridgehead atoms. The summed E-state index contributed by atoms with van der Waals surface area (Å²) in [4.78, 5) is 0. The minimum absolute atomic E-state index is 0.0989. The van der Waals surface area contributed by atoms with Gasteiger partial charge in [0.15, 0.2) is 17.4 Å². The highest BCUT2D eigenvalue weighted by Crippen LogP contribution is 2.44. The van der Waals surface area contributed by atoms with Crippen molar-refractivity contribution < 1.29 is 22.3 Å². The number of halogens is 5. The Hall–Kier alpha value is -0.530. The average Bonchev–Trinajstić information content (AvgIpc) is 2.59. The van der Waals surface area contributed by atoms with Crippen molar-refractivity contribution in [1.82, 2.24) is 0 Å². The van der Waals surface area contributed by atoms with Crippen molar-refractivity contribution in [3.63, 3.8) is 0 Å². The van der Waals surface area contributed by atoms with Crippen LogP contribution in [0, 0.1) is 23.5 Å². The first-order chi connectivity index (χ1) is 11.9. The highest BCUT2D eigenvalue weighted by atomic mass is 127. The van der Waals surface area contributed by atoms with Crippen LogP contribution in [0.5, 0.6) is 5.75 Å². The number of ether oxygens (including phenoxy) is 1. The second-order valence-electron chi connectivity index (χ2n) is 7.32. The Balaban J connectivity index is 1.61. The largest absolute Gasteiger partial charge is 0.429 e. The van der Waals surface area contributed by atoms with E-state index in [9.17, 15) is 17.6 Å². The van der Waals surface area contributed by atoms with Gasteiger partial charge in [-0.1, -0.05) is 22.6 Å². The Labute approximate surface area is 159 Å². The summed E-state index contributed by atoms with van der Waals surface area (Å²) in [5.74, 6) is -1.46. The Bertz CT molecular complexity index is 556. The third-order valence-corrected chi connectivity index (χ3v) is 7.08. The van der Waals surface area contributed by atoms with E-state index in [0.717, 1.165) is 53.6 Å². The van der Waals surface area contributed by atoms with E-state index in [-0.39, 0.29) is 5.92 Å². The van der Waals surface area contributed by atoms with E-state index in [1.165, 1.54) is 25.7 Å². The summed E-state index contributed by atoms with van der Waals surface area (Å²) in [5.41, 5.74) is 0.561. The Morgan fingerprint density at radius 2 is 1.32 bits per heavy atom. The van der Waals surface area contributed by atoms with Crippen LogP contribution in [0.1, 0.15) is 62.8 Å². The van der Waals surface area contributed by atoms with Gasteiger partial charge in [0.2, 0.25) is 0 Å². The predicted octanol–water partition coefficient (Wildman–Crippen LogP) is 6.83. The van der Waals surface area contributed by atoms with Gasteiger partial charge in [0, 0.05) is 3.92 Å². The zero-order valence-corrected chi connectivity index (χ0v) is 16.2. The lowest BCUT2D eigenvalue weighted by molar-refractivity contribution is -0.0546. The van der Waals surface area contributed by atoms with E-state index in [4.69, 9.17) is 0 Å². The van der Waals surface area contributed by atoms with Crippen LogP contribution in [0.25, 0.3) is 0 Å². The fourth-order valence-electron chi connectivity index (χ4n) is 4.49. The number of alkyl halides is 3. The minimum Gasteiger partial charge on any atom is -0.429 e. The third-order valence-electron chi connectivity index (χ3n) is 5.84. The molecule has 1 nitrogen and oxygen atoms in total. The molecule has 0 saturated heterocycles. The summed E-state index contributed by atoms with van der Waals surface area (Å²) in [7, 11) is 0. The van der Waals surface area contributed by atoms with E-state index in [2.05, 4.69) is 27.3 Å². The average molecular weight is 470 g/mol. The maximum absolute atomic E-state index is 13.9. The molecule has 0 atom stereocenters. The van der Waals surface area contributed by atoms with Crippen molar-refractivity contribution in [3.8, 4) is 5.75 Å². The molecular formula is C19H23F4IO. The SMILES string of the molecule is Fc1cc(C2CCC(C3CCC(I)CC3)CC2)cc(F)c1OC(F)F. The summed E-state index contributed by atoms with van der Waals surface area (Å²) in [6.45, 7) is -3.23. The van der Waals surface area contributed by atoms with E-state index in [0.29, 0.717) is 5.56 Å². The van der Waals surface area contributed by atoms with Gasteiger partial charge in [0.05, 0.1) is 0 Å². The molecule has 3 rings (SSSR count). The maximum atomic E-state index is 13.9. The summed E-state index contributed by atoms with van der Waals surface area (Å²) in [6, 6.07) is 2.32. The quantitative estimate of drug-likeness (QED) is 0.266. The molecule has 2 saturated carbocycles. The van der Waals surface area contributed by atoms with Crippen molar-refractivity contribution in [1.29, 1.82) is 0 Å². The van der Waals surface area contributed by atoms with Crippen molar-refractivity contribution in [2.24, 2.45) is 11.8 Å². The molecule has 1 aromatic carbocycles. The van der Waals surface area contributed by atoms with Gasteiger partial charge in [0.1, 0.15) is 0 Å². The van der Waals surface area contributed by atoms with Crippen molar-refractivity contribution >= 4 is 22.6 Å². The third kappa shape index (κ3) is 4.80. The van der Waals surface area contributed by atoms with Crippen molar-refractivity contribution in [3.05, 3.63) is 29.3 Å². The van der Waals surface area contributed by atoms with Crippen molar-refractivity contribution in [2.75, 3.05) is 0 Å². The topological polar surface area (TPSA) is 9.23 Å². The monoisotopic (exact) mass is 470 g/mol. The van der Waals surface area contributed by atoms with Crippen LogP contribution < -0.4 is 4.74 Å². The summed E-state index contributed by atoms with van der Waals surface area (Å²) in [5, 5.41) is 0. The number of rotatable bonds is 4. The van der Waals surface area contributed by atoms with Gasteiger partial charge in [0.25, 0.3) is 0 Å². The second kappa shape index (κ2) is 8.44. The zero-order valence-electron chi connectivity index (χ0n) is 14.0. The first kappa shape index (κ1) is 19.2. The van der Waals surface area contributed by atoms with Crippen LogP contribution in [0.4, 0.5) is 17.6 Å². The van der Waals surface area contributed by atoms with Gasteiger partial charge < -0.3 is 4.74 Å². The molecule has 0 heterocycles. The molecule has 25 heavy (non-hydrogen) atoms. The van der Waals surface area contributed by atoms with Crippen LogP contribution >= 0.6 is 22.6 Å². The molecule has 0 spiro atoms. The second-order valence-corrected chi connectivity index (χ2v) is 9.08. The molecule has 0 radical (unpaired) electrons. The molecule has 1 aromatic rings. The number of hydrogen-bond donors (Lipinski definition) is 0. The molecule has 0 N–H and O–H groups in total. The lowest BCUT2D eigenvalue weighted by Gasteiger charge is -2.37. The molecule has 6 heteroatoms. The molecule has 0 aliphatic heterocycles. The maximum Gasteiger partial charge on any atom is 0.387 e. The molecule has 140 valence electrons. The van der Waals surface area contributed by atoms with Gasteiger partial charge in [-0.15, -0.1) is 0 Å². The lowest BCUT2D eigenvalue weighted by Crippen LogP contribution is -2.25. The fourth-order valence-corrected chi connectivity index (χ4v) is 5.21. The van der Waals surface area contributed by atoms with E-state index in [1.807, 2.05) is 0 Å². The number of hydrogen-bond acceptors (Lipinski definition) is 1. The van der Waals surface area contributed by atoms with Crippen LogP contribution in [0.15, 0.2) is 12.1 Å². The van der Waals surface area contributed by atoms with Crippen LogP contribution in [0.2, 0.25) is 0 Å². The summed E-state index contributed by atoms with van der Waals surface area (Å²) >= 11 is 2.54. The standard InChI is InChI=1S/C19H23F4IO/c20-16-9-14(10-17(21)18(16)25-19(22)23)13-3-1-11(2-4-13)12-5-7-15(24)8-6-12/h9-13,15,19H,1-8H2. The molecular weight excluding hydrogens is 447 g/mol. The molecule has 0 unspecified atom stereocenters. The van der Waals surface area contributed by atoms with Gasteiger partial charge in [-0.05, 0) is 86.8 Å². The van der Waals surface area contributed by atoms with Gasteiger partial charge in [-0.25, -0.2) is 8.78 Å². The molecule has 0 amide bonds. The predicted molar refractivity (Wildman–Crippen MR) is 97.5 cm³/mol.